The number of carbonyl (C=O) groups excluding carboxylic acids is 1. The summed E-state index contributed by atoms with van der Waals surface area (Å²) in [4.78, 5) is 13.1. The number of Topliss-reactive ketones (excluding diaryl/α,β-unsaturated/α-hetero) is 1. The van der Waals surface area contributed by atoms with Gasteiger partial charge in [-0.2, -0.15) is 8.42 Å². The molecule has 0 saturated heterocycles. The number of aliphatic hydroxyl groups excluding tert-OH is 1. The molecule has 0 aromatic rings. The van der Waals surface area contributed by atoms with Crippen molar-refractivity contribution in [1.29, 1.82) is 0 Å². The molecule has 2 N–H and O–H groups in total. The van der Waals surface area contributed by atoms with Crippen molar-refractivity contribution in [2.45, 2.75) is 83.1 Å². The standard InChI is InChI=1S/C23H35FO6S/c1-14-11-17-16-9-8-15-7-5-6-10-20(15,2)22(16,24)18(25)12-21(17,3)23(14,27)19(26)13-30-31(4,28)29/h7,14,16-18,25,27H,5-6,8-13H2,1-4H3/t14-,16-,17-,18-,20-,21-,22-,23-/m0/s1. The Morgan fingerprint density at radius 1 is 1.32 bits per heavy atom. The van der Waals surface area contributed by atoms with Crippen molar-refractivity contribution in [3.63, 3.8) is 0 Å². The average molecular weight is 459 g/mol. The van der Waals surface area contributed by atoms with E-state index in [0.29, 0.717) is 19.3 Å². The van der Waals surface area contributed by atoms with Crippen LogP contribution < -0.4 is 0 Å². The van der Waals surface area contributed by atoms with Crippen LogP contribution in [0.25, 0.3) is 0 Å². The molecule has 8 atom stereocenters. The van der Waals surface area contributed by atoms with Crippen LogP contribution in [0.3, 0.4) is 0 Å². The zero-order valence-electron chi connectivity index (χ0n) is 18.9. The first kappa shape index (κ1) is 23.3. The molecular formula is C23H35FO6S. The number of hydrogen-bond donors (Lipinski definition) is 2. The van der Waals surface area contributed by atoms with Gasteiger partial charge in [-0.1, -0.05) is 32.4 Å². The smallest absolute Gasteiger partial charge is 0.264 e. The van der Waals surface area contributed by atoms with Crippen LogP contribution >= 0.6 is 0 Å². The molecule has 31 heavy (non-hydrogen) atoms. The quantitative estimate of drug-likeness (QED) is 0.496. The van der Waals surface area contributed by atoms with Crippen LogP contribution in [0.4, 0.5) is 4.39 Å². The van der Waals surface area contributed by atoms with Gasteiger partial charge in [0, 0.05) is 16.7 Å². The first-order valence-electron chi connectivity index (χ1n) is 11.4. The summed E-state index contributed by atoms with van der Waals surface area (Å²) in [6.07, 6.45) is 5.95. The van der Waals surface area contributed by atoms with Crippen molar-refractivity contribution in [3.8, 4) is 0 Å². The molecule has 0 unspecified atom stereocenters. The predicted molar refractivity (Wildman–Crippen MR) is 113 cm³/mol. The number of alkyl halides is 1. The Morgan fingerprint density at radius 2 is 2.00 bits per heavy atom. The van der Waals surface area contributed by atoms with Crippen LogP contribution in [0.1, 0.15) is 65.7 Å². The van der Waals surface area contributed by atoms with Crippen LogP contribution in [0.5, 0.6) is 0 Å². The average Bonchev–Trinajstić information content (AvgIpc) is 2.88. The van der Waals surface area contributed by atoms with Crippen LogP contribution in [0, 0.1) is 28.6 Å². The summed E-state index contributed by atoms with van der Waals surface area (Å²) in [6, 6.07) is 0. The number of allylic oxidation sites excluding steroid dienone is 2. The van der Waals surface area contributed by atoms with E-state index in [1.165, 1.54) is 0 Å². The minimum Gasteiger partial charge on any atom is -0.390 e. The van der Waals surface area contributed by atoms with E-state index in [2.05, 4.69) is 6.08 Å². The lowest BCUT2D eigenvalue weighted by Crippen LogP contribution is -2.69. The third-order valence-electron chi connectivity index (χ3n) is 9.52. The molecule has 0 bridgehead atoms. The summed E-state index contributed by atoms with van der Waals surface area (Å²) >= 11 is 0. The van der Waals surface area contributed by atoms with E-state index in [1.807, 2.05) is 6.92 Å². The molecule has 0 amide bonds. The Bertz CT molecular complexity index is 917. The largest absolute Gasteiger partial charge is 0.390 e. The molecule has 0 heterocycles. The van der Waals surface area contributed by atoms with Crippen molar-refractivity contribution >= 4 is 15.9 Å². The molecule has 6 nitrogen and oxygen atoms in total. The van der Waals surface area contributed by atoms with E-state index in [1.54, 1.807) is 13.8 Å². The molecule has 3 saturated carbocycles. The van der Waals surface area contributed by atoms with E-state index in [9.17, 15) is 23.4 Å². The number of hydrogen-bond acceptors (Lipinski definition) is 6. The fourth-order valence-electron chi connectivity index (χ4n) is 7.96. The van der Waals surface area contributed by atoms with Gasteiger partial charge in [0.25, 0.3) is 10.1 Å². The molecule has 4 aliphatic rings. The number of carbonyl (C=O) groups is 1. The highest BCUT2D eigenvalue weighted by atomic mass is 32.2. The van der Waals surface area contributed by atoms with Crippen LogP contribution in [0.15, 0.2) is 11.6 Å². The van der Waals surface area contributed by atoms with Gasteiger partial charge >= 0.3 is 0 Å². The number of halogens is 1. The first-order valence-corrected chi connectivity index (χ1v) is 13.2. The zero-order valence-corrected chi connectivity index (χ0v) is 19.7. The van der Waals surface area contributed by atoms with Crippen molar-refractivity contribution in [3.05, 3.63) is 11.6 Å². The van der Waals surface area contributed by atoms with Gasteiger partial charge in [0.2, 0.25) is 0 Å². The van der Waals surface area contributed by atoms with Gasteiger partial charge in [-0.05, 0) is 56.8 Å². The number of ketones is 1. The molecule has 176 valence electrons. The van der Waals surface area contributed by atoms with E-state index < -0.39 is 62.5 Å². The van der Waals surface area contributed by atoms with Gasteiger partial charge in [0.15, 0.2) is 5.78 Å². The Hall–Kier alpha value is -0.830. The van der Waals surface area contributed by atoms with Crippen molar-refractivity contribution in [2.75, 3.05) is 12.9 Å². The highest BCUT2D eigenvalue weighted by Crippen LogP contribution is 2.71. The summed E-state index contributed by atoms with van der Waals surface area (Å²) < 4.78 is 44.6. The minimum atomic E-state index is -3.85. The third-order valence-corrected chi connectivity index (χ3v) is 10.1. The Morgan fingerprint density at radius 3 is 2.65 bits per heavy atom. The normalized spacial score (nSPS) is 49.6. The highest BCUT2D eigenvalue weighted by Gasteiger charge is 2.75. The first-order chi connectivity index (χ1) is 14.2. The number of aliphatic hydroxyl groups is 2. The SMILES string of the molecule is C[C@H]1C[C@H]2[C@@H]3CCC4=CCCC[C@]4(C)[C@@]3(F)[C@@H](O)C[C@]2(C)[C@@]1(O)C(=O)COS(C)(=O)=O. The highest BCUT2D eigenvalue weighted by molar-refractivity contribution is 7.86. The lowest BCUT2D eigenvalue weighted by Gasteiger charge is -2.63. The third kappa shape index (κ3) is 2.97. The topological polar surface area (TPSA) is 101 Å². The number of rotatable bonds is 4. The van der Waals surface area contributed by atoms with E-state index >= 15 is 4.39 Å². The summed E-state index contributed by atoms with van der Waals surface area (Å²) in [6.45, 7) is 4.70. The zero-order chi connectivity index (χ0) is 23.0. The van der Waals surface area contributed by atoms with Gasteiger partial charge in [-0.3, -0.25) is 8.98 Å². The second-order valence-electron chi connectivity index (χ2n) is 10.9. The van der Waals surface area contributed by atoms with Gasteiger partial charge in [0.05, 0.1) is 12.4 Å². The summed E-state index contributed by atoms with van der Waals surface area (Å²) in [7, 11) is -3.85. The maximum Gasteiger partial charge on any atom is 0.264 e. The molecular weight excluding hydrogens is 423 g/mol. The lowest BCUT2D eigenvalue weighted by molar-refractivity contribution is -0.228. The number of fused-ring (bicyclic) bond motifs is 5. The maximum absolute atomic E-state index is 17.1. The van der Waals surface area contributed by atoms with Crippen LogP contribution in [-0.2, 0) is 19.1 Å². The van der Waals surface area contributed by atoms with Crippen LogP contribution in [-0.4, -0.2) is 54.7 Å². The summed E-state index contributed by atoms with van der Waals surface area (Å²) in [5.41, 5.74) is -4.38. The maximum atomic E-state index is 17.1. The molecule has 0 radical (unpaired) electrons. The summed E-state index contributed by atoms with van der Waals surface area (Å²) in [5.74, 6) is -1.97. The Labute approximate surface area is 184 Å². The van der Waals surface area contributed by atoms with Crippen LogP contribution in [0.2, 0.25) is 0 Å². The van der Waals surface area contributed by atoms with E-state index in [4.69, 9.17) is 4.18 Å². The molecule has 8 heteroatoms. The molecule has 0 spiro atoms. The Balaban J connectivity index is 1.73. The van der Waals surface area contributed by atoms with E-state index in [-0.39, 0.29) is 12.3 Å². The molecule has 4 rings (SSSR count). The van der Waals surface area contributed by atoms with Gasteiger partial charge < -0.3 is 10.2 Å². The van der Waals surface area contributed by atoms with E-state index in [0.717, 1.165) is 31.1 Å². The van der Waals surface area contributed by atoms with Gasteiger partial charge in [-0.15, -0.1) is 0 Å². The fraction of sp³-hybridized carbons (Fsp3) is 0.870. The molecule has 0 aromatic carbocycles. The monoisotopic (exact) mass is 458 g/mol. The Kier molecular flexibility index (Phi) is 5.33. The van der Waals surface area contributed by atoms with Gasteiger partial charge in [-0.25, -0.2) is 4.39 Å². The molecule has 0 aromatic heterocycles. The van der Waals surface area contributed by atoms with Crippen molar-refractivity contribution in [2.24, 2.45) is 28.6 Å². The predicted octanol–water partition coefficient (Wildman–Crippen LogP) is 2.92. The lowest BCUT2D eigenvalue weighted by atomic mass is 9.44. The second kappa shape index (κ2) is 7.08. The second-order valence-corrected chi connectivity index (χ2v) is 12.5. The van der Waals surface area contributed by atoms with Gasteiger partial charge in [0.1, 0.15) is 17.9 Å². The molecule has 4 aliphatic carbocycles. The van der Waals surface area contributed by atoms with Crippen molar-refractivity contribution in [1.82, 2.24) is 0 Å². The fourth-order valence-corrected chi connectivity index (χ4v) is 8.28. The summed E-state index contributed by atoms with van der Waals surface area (Å²) in [5, 5.41) is 23.0. The minimum absolute atomic E-state index is 0.0427. The molecule has 3 fully saturated rings. The van der Waals surface area contributed by atoms with Crippen molar-refractivity contribution < 1.29 is 32.0 Å². The molecule has 0 aliphatic heterocycles.